The summed E-state index contributed by atoms with van der Waals surface area (Å²) in [6, 6.07) is 14.5. The van der Waals surface area contributed by atoms with Gasteiger partial charge in [-0.3, -0.25) is 4.90 Å². The molecule has 35 heavy (non-hydrogen) atoms. The Hall–Kier alpha value is -2.43. The number of ether oxygens (including phenoxy) is 2. The van der Waals surface area contributed by atoms with Gasteiger partial charge in [0.05, 0.1) is 5.69 Å². The number of aliphatic hydroxyl groups is 1. The lowest BCUT2D eigenvalue weighted by atomic mass is 9.75. The first-order valence-electron chi connectivity index (χ1n) is 13.1. The van der Waals surface area contributed by atoms with Crippen molar-refractivity contribution in [1.82, 2.24) is 9.88 Å². The Balaban J connectivity index is 1.43. The molecule has 2 bridgehead atoms. The van der Waals surface area contributed by atoms with Gasteiger partial charge in [0.15, 0.2) is 0 Å². The number of piperidine rings is 3. The van der Waals surface area contributed by atoms with E-state index in [1.54, 1.807) is 0 Å². The van der Waals surface area contributed by atoms with E-state index in [2.05, 4.69) is 58.0 Å². The lowest BCUT2D eigenvalue weighted by Gasteiger charge is -2.47. The number of nitrogens with zero attached hydrogens (tertiary/aromatic N) is 3. The van der Waals surface area contributed by atoms with Crippen LogP contribution >= 0.6 is 0 Å². The van der Waals surface area contributed by atoms with E-state index in [4.69, 9.17) is 14.5 Å². The number of hydrogen-bond donors (Lipinski definition) is 1. The van der Waals surface area contributed by atoms with Gasteiger partial charge in [-0.2, -0.15) is 0 Å². The second kappa shape index (κ2) is 10.7. The molecule has 3 atom stereocenters. The van der Waals surface area contributed by atoms with Gasteiger partial charge in [0.25, 0.3) is 0 Å². The quantitative estimate of drug-likeness (QED) is 0.621. The topological polar surface area (TPSA) is 58.1 Å². The highest BCUT2D eigenvalue weighted by Gasteiger charge is 2.44. The molecule has 0 unspecified atom stereocenters. The number of aromatic nitrogens is 1. The maximum atomic E-state index is 11.3. The van der Waals surface area contributed by atoms with Crippen molar-refractivity contribution in [1.29, 1.82) is 0 Å². The first-order valence-corrected chi connectivity index (χ1v) is 13.1. The van der Waals surface area contributed by atoms with E-state index in [0.29, 0.717) is 26.2 Å². The fourth-order valence-corrected chi connectivity index (χ4v) is 5.74. The average molecular weight is 476 g/mol. The predicted octanol–water partition coefficient (Wildman–Crippen LogP) is 3.11. The van der Waals surface area contributed by atoms with Crippen LogP contribution in [-0.2, 0) is 15.9 Å². The normalized spacial score (nSPS) is 29.7. The first-order chi connectivity index (χ1) is 17.1. The highest BCUT2D eigenvalue weighted by Crippen LogP contribution is 2.35. The van der Waals surface area contributed by atoms with Gasteiger partial charge in [0.1, 0.15) is 23.6 Å². The van der Waals surface area contributed by atoms with Crippen molar-refractivity contribution in [2.75, 3.05) is 50.8 Å². The van der Waals surface area contributed by atoms with Crippen LogP contribution in [0.1, 0.15) is 43.5 Å². The smallest absolute Gasteiger partial charge is 0.141 e. The Bertz CT molecular complexity index is 1040. The van der Waals surface area contributed by atoms with Crippen LogP contribution in [0.25, 0.3) is 0 Å². The van der Waals surface area contributed by atoms with Crippen LogP contribution in [0.4, 0.5) is 5.82 Å². The third kappa shape index (κ3) is 5.39. The lowest BCUT2D eigenvalue weighted by molar-refractivity contribution is -0.0713. The zero-order valence-corrected chi connectivity index (χ0v) is 20.9. The molecule has 1 aromatic heterocycles. The second-order valence-electron chi connectivity index (χ2n) is 9.94. The number of fused-ring (bicyclic) bond motifs is 3. The van der Waals surface area contributed by atoms with Crippen LogP contribution < -0.4 is 4.90 Å². The first kappa shape index (κ1) is 24.3. The van der Waals surface area contributed by atoms with Crippen LogP contribution in [0.5, 0.6) is 0 Å². The summed E-state index contributed by atoms with van der Waals surface area (Å²) in [6.07, 6.45) is 2.84. The molecular formula is C29H37N3O3. The largest absolute Gasteiger partial charge is 0.376 e. The Labute approximate surface area is 209 Å². The van der Waals surface area contributed by atoms with Crippen LogP contribution in [0.2, 0.25) is 0 Å². The molecule has 0 amide bonds. The zero-order valence-electron chi connectivity index (χ0n) is 20.9. The summed E-state index contributed by atoms with van der Waals surface area (Å²) in [6.45, 7) is 9.72. The lowest BCUT2D eigenvalue weighted by Crippen LogP contribution is -2.58. The van der Waals surface area contributed by atoms with Crippen molar-refractivity contribution in [2.24, 2.45) is 5.92 Å². The fourth-order valence-electron chi connectivity index (χ4n) is 5.74. The molecule has 6 nitrogen and oxygen atoms in total. The van der Waals surface area contributed by atoms with E-state index in [0.717, 1.165) is 56.1 Å². The minimum absolute atomic E-state index is 0.0461. The Morgan fingerprint density at radius 1 is 1.00 bits per heavy atom. The molecule has 0 aliphatic carbocycles. The molecule has 0 radical (unpaired) electrons. The van der Waals surface area contributed by atoms with Crippen molar-refractivity contribution in [3.63, 3.8) is 0 Å². The zero-order chi connectivity index (χ0) is 24.3. The highest BCUT2D eigenvalue weighted by atomic mass is 16.5. The molecule has 0 saturated carbocycles. The van der Waals surface area contributed by atoms with Gasteiger partial charge in [-0.25, -0.2) is 4.98 Å². The van der Waals surface area contributed by atoms with Crippen LogP contribution in [0.3, 0.4) is 0 Å². The summed E-state index contributed by atoms with van der Waals surface area (Å²) in [5, 5.41) is 11.3. The average Bonchev–Trinajstić information content (AvgIpc) is 3.27. The molecule has 4 fully saturated rings. The minimum atomic E-state index is -0.927. The van der Waals surface area contributed by atoms with Crippen molar-refractivity contribution >= 4 is 5.82 Å². The highest BCUT2D eigenvalue weighted by molar-refractivity contribution is 5.50. The summed E-state index contributed by atoms with van der Waals surface area (Å²) in [4.78, 5) is 9.68. The summed E-state index contributed by atoms with van der Waals surface area (Å²) in [5.41, 5.74) is 2.11. The monoisotopic (exact) mass is 475 g/mol. The van der Waals surface area contributed by atoms with Crippen molar-refractivity contribution < 1.29 is 14.6 Å². The number of rotatable bonds is 7. The third-order valence-electron chi connectivity index (χ3n) is 7.62. The van der Waals surface area contributed by atoms with E-state index < -0.39 is 5.60 Å². The third-order valence-corrected chi connectivity index (χ3v) is 7.62. The molecule has 4 aliphatic heterocycles. The molecule has 4 saturated heterocycles. The fraction of sp³-hybridized carbons (Fsp3) is 0.552. The number of pyridine rings is 1. The van der Waals surface area contributed by atoms with Gasteiger partial charge >= 0.3 is 0 Å². The Morgan fingerprint density at radius 3 is 2.29 bits per heavy atom. The predicted molar refractivity (Wildman–Crippen MR) is 138 cm³/mol. The maximum Gasteiger partial charge on any atom is 0.141 e. The summed E-state index contributed by atoms with van der Waals surface area (Å²) in [7, 11) is 0. The van der Waals surface area contributed by atoms with Gasteiger partial charge in [-0.05, 0) is 57.5 Å². The van der Waals surface area contributed by atoms with Crippen molar-refractivity contribution in [3.8, 4) is 11.8 Å². The van der Waals surface area contributed by atoms with Gasteiger partial charge in [-0.1, -0.05) is 42.2 Å². The van der Waals surface area contributed by atoms with Crippen molar-refractivity contribution in [2.45, 2.75) is 50.9 Å². The van der Waals surface area contributed by atoms with Gasteiger partial charge < -0.3 is 19.5 Å². The second-order valence-corrected chi connectivity index (χ2v) is 9.94. The van der Waals surface area contributed by atoms with E-state index in [1.807, 2.05) is 19.9 Å². The van der Waals surface area contributed by atoms with E-state index in [-0.39, 0.29) is 18.1 Å². The molecule has 0 spiro atoms. The summed E-state index contributed by atoms with van der Waals surface area (Å²) in [5.74, 6) is 7.82. The number of hydrogen-bond acceptors (Lipinski definition) is 6. The summed E-state index contributed by atoms with van der Waals surface area (Å²) >= 11 is 0. The van der Waals surface area contributed by atoms with Gasteiger partial charge in [-0.15, -0.1) is 0 Å². The molecule has 2 aromatic rings. The number of anilines is 1. The Morgan fingerprint density at radius 2 is 1.69 bits per heavy atom. The molecule has 186 valence electrons. The molecular weight excluding hydrogens is 438 g/mol. The van der Waals surface area contributed by atoms with Gasteiger partial charge in [0.2, 0.25) is 0 Å². The molecule has 1 N–H and O–H groups in total. The van der Waals surface area contributed by atoms with E-state index in [9.17, 15) is 5.11 Å². The molecule has 5 heterocycles. The van der Waals surface area contributed by atoms with Crippen LogP contribution in [-0.4, -0.2) is 78.7 Å². The van der Waals surface area contributed by atoms with E-state index >= 15 is 0 Å². The minimum Gasteiger partial charge on any atom is -0.376 e. The van der Waals surface area contributed by atoms with Gasteiger partial charge in [0, 0.05) is 50.8 Å². The SMILES string of the molecule is CCO[C@@H]1CN(c2ccc(C#C[C@@]3(O)CN4CCC3CC4)c(Cc3ccccc3)n2)C[C@H]1OCC. The van der Waals surface area contributed by atoms with Crippen LogP contribution in [0.15, 0.2) is 42.5 Å². The molecule has 1 aromatic carbocycles. The molecule has 4 aliphatic rings. The molecule has 6 rings (SSSR count). The molecule has 6 heteroatoms. The maximum absolute atomic E-state index is 11.3. The standard InChI is InChI=1S/C29H37N3O3/c1-3-34-26-19-32(20-27(26)35-4-2)28-11-10-23(25(30-28)18-22-8-6-5-7-9-22)12-15-29(33)21-31-16-13-24(29)14-17-31/h5-11,24,26-27,33H,3-4,13-14,16-21H2,1-2H3/t26-,27-,29-/m1/s1. The van der Waals surface area contributed by atoms with E-state index in [1.165, 1.54) is 5.56 Å². The van der Waals surface area contributed by atoms with Crippen molar-refractivity contribution in [3.05, 3.63) is 59.3 Å². The summed E-state index contributed by atoms with van der Waals surface area (Å²) < 4.78 is 11.9. The Kier molecular flexibility index (Phi) is 7.40. The number of benzene rings is 1. The van der Waals surface area contributed by atoms with Crippen LogP contribution in [0, 0.1) is 17.8 Å².